The summed E-state index contributed by atoms with van der Waals surface area (Å²) in [6.07, 6.45) is 3.04. The molecule has 2 aromatic heterocycles. The van der Waals surface area contributed by atoms with Crippen molar-refractivity contribution < 1.29 is 9.53 Å². The summed E-state index contributed by atoms with van der Waals surface area (Å²) >= 11 is 3.09. The van der Waals surface area contributed by atoms with Gasteiger partial charge in [-0.15, -0.1) is 21.5 Å². The summed E-state index contributed by atoms with van der Waals surface area (Å²) < 4.78 is 7.30. The highest BCUT2D eigenvalue weighted by Crippen LogP contribution is 2.27. The van der Waals surface area contributed by atoms with Crippen LogP contribution >= 0.6 is 23.1 Å². The first-order valence-electron chi connectivity index (χ1n) is 7.52. The summed E-state index contributed by atoms with van der Waals surface area (Å²) in [6.45, 7) is 0. The van der Waals surface area contributed by atoms with Crippen molar-refractivity contribution in [2.75, 3.05) is 12.9 Å². The van der Waals surface area contributed by atoms with Crippen molar-refractivity contribution in [2.45, 2.75) is 18.0 Å². The SMILES string of the molecule is COc1ccccc1-n1cnnc1SCCCC(=O)c1cccs1. The number of benzene rings is 1. The number of hydrogen-bond acceptors (Lipinski definition) is 6. The number of nitrogens with zero attached hydrogens (tertiary/aromatic N) is 3. The van der Waals surface area contributed by atoms with E-state index in [1.165, 1.54) is 11.3 Å². The van der Waals surface area contributed by atoms with E-state index in [1.807, 2.05) is 46.3 Å². The van der Waals surface area contributed by atoms with Gasteiger partial charge in [-0.1, -0.05) is 30.0 Å². The molecule has 0 atom stereocenters. The van der Waals surface area contributed by atoms with Gasteiger partial charge < -0.3 is 4.74 Å². The molecule has 3 aromatic rings. The van der Waals surface area contributed by atoms with Crippen molar-refractivity contribution in [3.8, 4) is 11.4 Å². The Labute approximate surface area is 148 Å². The maximum absolute atomic E-state index is 12.0. The molecule has 0 N–H and O–H groups in total. The Morgan fingerprint density at radius 2 is 2.17 bits per heavy atom. The second-order valence-corrected chi connectivity index (χ2v) is 7.02. The van der Waals surface area contributed by atoms with Crippen molar-refractivity contribution in [1.29, 1.82) is 0 Å². The fourth-order valence-electron chi connectivity index (χ4n) is 2.27. The molecule has 24 heavy (non-hydrogen) atoms. The third-order valence-electron chi connectivity index (χ3n) is 3.44. The van der Waals surface area contributed by atoms with E-state index in [9.17, 15) is 4.79 Å². The Kier molecular flexibility index (Phi) is 5.66. The van der Waals surface area contributed by atoms with Gasteiger partial charge in [0.2, 0.25) is 0 Å². The molecular formula is C17H17N3O2S2. The lowest BCUT2D eigenvalue weighted by Gasteiger charge is -2.10. The van der Waals surface area contributed by atoms with Crippen molar-refractivity contribution in [1.82, 2.24) is 14.8 Å². The lowest BCUT2D eigenvalue weighted by atomic mass is 10.2. The number of thiophene rings is 1. The summed E-state index contributed by atoms with van der Waals surface area (Å²) in [7, 11) is 1.65. The Morgan fingerprint density at radius 3 is 2.96 bits per heavy atom. The minimum absolute atomic E-state index is 0.205. The first kappa shape index (κ1) is 16.7. The van der Waals surface area contributed by atoms with Crippen LogP contribution in [0.25, 0.3) is 5.69 Å². The van der Waals surface area contributed by atoms with E-state index in [-0.39, 0.29) is 5.78 Å². The van der Waals surface area contributed by atoms with E-state index >= 15 is 0 Å². The monoisotopic (exact) mass is 359 g/mol. The zero-order valence-corrected chi connectivity index (χ0v) is 14.8. The van der Waals surface area contributed by atoms with E-state index in [2.05, 4.69) is 10.2 Å². The summed E-state index contributed by atoms with van der Waals surface area (Å²) in [4.78, 5) is 12.8. The first-order chi connectivity index (χ1) is 11.8. The molecule has 2 heterocycles. The van der Waals surface area contributed by atoms with Gasteiger partial charge in [-0.05, 0) is 30.0 Å². The average Bonchev–Trinajstić information content (AvgIpc) is 3.30. The molecule has 5 nitrogen and oxygen atoms in total. The molecule has 0 radical (unpaired) electrons. The van der Waals surface area contributed by atoms with Crippen LogP contribution in [0.1, 0.15) is 22.5 Å². The van der Waals surface area contributed by atoms with Gasteiger partial charge in [-0.3, -0.25) is 9.36 Å². The summed E-state index contributed by atoms with van der Waals surface area (Å²) in [5.74, 6) is 1.79. The molecule has 0 saturated heterocycles. The van der Waals surface area contributed by atoms with Gasteiger partial charge in [0.1, 0.15) is 12.1 Å². The number of ketones is 1. The van der Waals surface area contributed by atoms with Gasteiger partial charge in [-0.2, -0.15) is 0 Å². The quantitative estimate of drug-likeness (QED) is 0.344. The average molecular weight is 359 g/mol. The maximum Gasteiger partial charge on any atom is 0.195 e. The van der Waals surface area contributed by atoms with Crippen LogP contribution in [0.5, 0.6) is 5.75 Å². The molecule has 0 fully saturated rings. The smallest absolute Gasteiger partial charge is 0.195 e. The van der Waals surface area contributed by atoms with Crippen LogP contribution in [0.2, 0.25) is 0 Å². The van der Waals surface area contributed by atoms with E-state index in [0.717, 1.165) is 33.6 Å². The molecule has 0 spiro atoms. The number of thioether (sulfide) groups is 1. The first-order valence-corrected chi connectivity index (χ1v) is 9.39. The van der Waals surface area contributed by atoms with Gasteiger partial charge >= 0.3 is 0 Å². The third kappa shape index (κ3) is 3.85. The molecule has 0 amide bonds. The molecule has 1 aromatic carbocycles. The second-order valence-electron chi connectivity index (χ2n) is 5.01. The molecule has 0 aliphatic heterocycles. The number of rotatable bonds is 8. The van der Waals surface area contributed by atoms with E-state index in [4.69, 9.17) is 4.74 Å². The standard InChI is InChI=1S/C17H17N3O2S2/c1-22-15-8-3-2-6-13(15)20-12-18-19-17(20)24-11-4-7-14(21)16-9-5-10-23-16/h2-3,5-6,8-10,12H,4,7,11H2,1H3. The van der Waals surface area contributed by atoms with E-state index in [1.54, 1.807) is 25.2 Å². The number of carbonyl (C=O) groups is 1. The normalized spacial score (nSPS) is 10.7. The van der Waals surface area contributed by atoms with Crippen LogP contribution < -0.4 is 4.74 Å². The molecular weight excluding hydrogens is 342 g/mol. The molecule has 7 heteroatoms. The topological polar surface area (TPSA) is 57.0 Å². The Bertz CT molecular complexity index is 800. The molecule has 0 saturated carbocycles. The molecule has 0 bridgehead atoms. The van der Waals surface area contributed by atoms with Gasteiger partial charge in [0.05, 0.1) is 17.7 Å². The Balaban J connectivity index is 1.59. The Morgan fingerprint density at radius 1 is 1.29 bits per heavy atom. The molecule has 3 rings (SSSR count). The van der Waals surface area contributed by atoms with Crippen molar-refractivity contribution in [3.63, 3.8) is 0 Å². The fraction of sp³-hybridized carbons (Fsp3) is 0.235. The van der Waals surface area contributed by atoms with Gasteiger partial charge in [0.15, 0.2) is 10.9 Å². The van der Waals surface area contributed by atoms with Crippen LogP contribution in [0, 0.1) is 0 Å². The van der Waals surface area contributed by atoms with E-state index < -0.39 is 0 Å². The van der Waals surface area contributed by atoms with Crippen molar-refractivity contribution in [3.05, 3.63) is 53.0 Å². The third-order valence-corrected chi connectivity index (χ3v) is 5.38. The van der Waals surface area contributed by atoms with Crippen molar-refractivity contribution >= 4 is 28.9 Å². The molecule has 0 unspecified atom stereocenters. The van der Waals surface area contributed by atoms with Crippen molar-refractivity contribution in [2.24, 2.45) is 0 Å². The molecule has 124 valence electrons. The predicted octanol–water partition coefficient (Wildman–Crippen LogP) is 4.09. The highest BCUT2D eigenvalue weighted by Gasteiger charge is 2.12. The van der Waals surface area contributed by atoms with Gasteiger partial charge in [-0.25, -0.2) is 0 Å². The summed E-state index contributed by atoms with van der Waals surface area (Å²) in [5, 5.41) is 10.9. The minimum Gasteiger partial charge on any atom is -0.495 e. The number of para-hydroxylation sites is 2. The number of hydrogen-bond donors (Lipinski definition) is 0. The Hall–Kier alpha value is -2.12. The lowest BCUT2D eigenvalue weighted by Crippen LogP contribution is -2.00. The highest BCUT2D eigenvalue weighted by molar-refractivity contribution is 7.99. The largest absolute Gasteiger partial charge is 0.495 e. The van der Waals surface area contributed by atoms with Crippen LogP contribution in [0.3, 0.4) is 0 Å². The van der Waals surface area contributed by atoms with Gasteiger partial charge in [0.25, 0.3) is 0 Å². The van der Waals surface area contributed by atoms with Gasteiger partial charge in [0, 0.05) is 12.2 Å². The second kappa shape index (κ2) is 8.12. The number of methoxy groups -OCH3 is 1. The summed E-state index contributed by atoms with van der Waals surface area (Å²) in [6, 6.07) is 11.5. The van der Waals surface area contributed by atoms with Crippen LogP contribution in [0.4, 0.5) is 0 Å². The van der Waals surface area contributed by atoms with E-state index in [0.29, 0.717) is 6.42 Å². The number of ether oxygens (including phenoxy) is 1. The number of carbonyl (C=O) groups excluding carboxylic acids is 1. The highest BCUT2D eigenvalue weighted by atomic mass is 32.2. The summed E-state index contributed by atoms with van der Waals surface area (Å²) in [5.41, 5.74) is 0.905. The van der Waals surface area contributed by atoms with Crippen LogP contribution in [-0.4, -0.2) is 33.4 Å². The molecule has 0 aliphatic rings. The minimum atomic E-state index is 0.205. The van der Waals surface area contributed by atoms with Crippen LogP contribution in [-0.2, 0) is 0 Å². The zero-order chi connectivity index (χ0) is 16.8. The number of Topliss-reactive ketones (excluding diaryl/α,β-unsaturated/α-hetero) is 1. The number of aromatic nitrogens is 3. The lowest BCUT2D eigenvalue weighted by molar-refractivity contribution is 0.0986. The fourth-order valence-corrected chi connectivity index (χ4v) is 3.83. The molecule has 0 aliphatic carbocycles. The van der Waals surface area contributed by atoms with Crippen LogP contribution in [0.15, 0.2) is 53.3 Å². The zero-order valence-electron chi connectivity index (χ0n) is 13.2. The maximum atomic E-state index is 12.0. The predicted molar refractivity (Wildman–Crippen MR) is 96.5 cm³/mol.